The molecular formula is C17H21N7O. The van der Waals surface area contributed by atoms with Crippen molar-refractivity contribution in [3.8, 4) is 0 Å². The highest BCUT2D eigenvalue weighted by molar-refractivity contribution is 5.76. The molecule has 1 saturated carbocycles. The maximum atomic E-state index is 12.1. The minimum atomic E-state index is 0.0621. The van der Waals surface area contributed by atoms with Gasteiger partial charge in [-0.25, -0.2) is 9.67 Å². The van der Waals surface area contributed by atoms with E-state index in [1.54, 1.807) is 4.68 Å². The topological polar surface area (TPSA) is 90.5 Å². The van der Waals surface area contributed by atoms with E-state index in [-0.39, 0.29) is 11.9 Å². The summed E-state index contributed by atoms with van der Waals surface area (Å²) in [7, 11) is 0. The summed E-state index contributed by atoms with van der Waals surface area (Å²) in [4.78, 5) is 16.6. The highest BCUT2D eigenvalue weighted by Gasteiger charge is 2.24. The minimum absolute atomic E-state index is 0.0621. The Morgan fingerprint density at radius 3 is 2.92 bits per heavy atom. The Hall–Kier alpha value is -2.77. The van der Waals surface area contributed by atoms with Crippen LogP contribution in [0.5, 0.6) is 0 Å². The van der Waals surface area contributed by atoms with E-state index in [0.717, 1.165) is 31.3 Å². The van der Waals surface area contributed by atoms with Gasteiger partial charge in [-0.2, -0.15) is 0 Å². The first-order valence-electron chi connectivity index (χ1n) is 8.71. The number of aryl methyl sites for hydroxylation is 1. The molecule has 1 aliphatic carbocycles. The number of carbonyl (C=O) groups is 1. The van der Waals surface area contributed by atoms with Crippen LogP contribution in [0.25, 0.3) is 11.0 Å². The third-order valence-electron chi connectivity index (χ3n) is 4.89. The molecule has 0 unspecified atom stereocenters. The monoisotopic (exact) mass is 339 g/mol. The molecule has 0 bridgehead atoms. The van der Waals surface area contributed by atoms with E-state index < -0.39 is 0 Å². The fourth-order valence-corrected chi connectivity index (χ4v) is 3.58. The summed E-state index contributed by atoms with van der Waals surface area (Å²) >= 11 is 0. The van der Waals surface area contributed by atoms with Gasteiger partial charge in [0.2, 0.25) is 5.91 Å². The number of fused-ring (bicyclic) bond motifs is 1. The molecule has 1 amide bonds. The van der Waals surface area contributed by atoms with Crippen LogP contribution in [0, 0.1) is 0 Å². The van der Waals surface area contributed by atoms with Crippen LogP contribution in [0.1, 0.15) is 38.1 Å². The number of aromatic nitrogens is 6. The van der Waals surface area contributed by atoms with Crippen molar-refractivity contribution >= 4 is 16.9 Å². The van der Waals surface area contributed by atoms with Crippen LogP contribution in [-0.2, 0) is 11.3 Å². The number of carbonyl (C=O) groups excluding carboxylic acids is 1. The summed E-state index contributed by atoms with van der Waals surface area (Å²) in [6.45, 7) is 0.509. The number of hydrogen-bond acceptors (Lipinski definition) is 5. The quantitative estimate of drug-likeness (QED) is 0.764. The fourth-order valence-electron chi connectivity index (χ4n) is 3.58. The Kier molecular flexibility index (Phi) is 4.41. The Bertz CT molecular complexity index is 834. The summed E-state index contributed by atoms with van der Waals surface area (Å²) in [5.41, 5.74) is 1.05. The molecule has 0 aliphatic heterocycles. The van der Waals surface area contributed by atoms with E-state index in [1.165, 1.54) is 11.7 Å². The van der Waals surface area contributed by atoms with E-state index >= 15 is 0 Å². The van der Waals surface area contributed by atoms with Crippen LogP contribution < -0.4 is 5.32 Å². The predicted molar refractivity (Wildman–Crippen MR) is 91.6 cm³/mol. The molecule has 1 N–H and O–H groups in total. The van der Waals surface area contributed by atoms with Crippen molar-refractivity contribution in [2.75, 3.05) is 0 Å². The van der Waals surface area contributed by atoms with Gasteiger partial charge in [0.15, 0.2) is 0 Å². The van der Waals surface area contributed by atoms with E-state index in [4.69, 9.17) is 0 Å². The molecular weight excluding hydrogens is 318 g/mol. The van der Waals surface area contributed by atoms with Gasteiger partial charge >= 0.3 is 0 Å². The molecule has 0 radical (unpaired) electrons. The lowest BCUT2D eigenvalue weighted by molar-refractivity contribution is -0.122. The molecule has 0 aromatic carbocycles. The average Bonchev–Trinajstić information content (AvgIpc) is 3.30. The zero-order chi connectivity index (χ0) is 17.1. The molecule has 0 saturated heterocycles. The van der Waals surface area contributed by atoms with Crippen molar-refractivity contribution < 1.29 is 4.79 Å². The maximum absolute atomic E-state index is 12.1. The predicted octanol–water partition coefficient (Wildman–Crippen LogP) is 1.71. The second-order valence-electron chi connectivity index (χ2n) is 6.54. The summed E-state index contributed by atoms with van der Waals surface area (Å²) in [5, 5.41) is 15.2. The van der Waals surface area contributed by atoms with Gasteiger partial charge in [-0.1, -0.05) is 0 Å². The highest BCUT2D eigenvalue weighted by Crippen LogP contribution is 2.31. The third kappa shape index (κ3) is 3.52. The van der Waals surface area contributed by atoms with Gasteiger partial charge in [0.1, 0.15) is 12.0 Å². The van der Waals surface area contributed by atoms with Gasteiger partial charge in [-0.15, -0.1) is 5.10 Å². The van der Waals surface area contributed by atoms with Gasteiger partial charge in [-0.3, -0.25) is 4.79 Å². The van der Waals surface area contributed by atoms with Crippen LogP contribution in [0.2, 0.25) is 0 Å². The van der Waals surface area contributed by atoms with Crippen molar-refractivity contribution in [2.24, 2.45) is 0 Å². The van der Waals surface area contributed by atoms with Gasteiger partial charge in [0, 0.05) is 36.3 Å². The summed E-state index contributed by atoms with van der Waals surface area (Å²) in [6.07, 6.45) is 9.99. The molecule has 0 spiro atoms. The summed E-state index contributed by atoms with van der Waals surface area (Å²) in [6, 6.07) is 6.90. The van der Waals surface area contributed by atoms with E-state index in [0.29, 0.717) is 19.0 Å². The molecule has 3 aromatic rings. The standard InChI is InChI=1S/C17H21N7O/c25-16(8-10-23-12-19-21-22-23)20-14-3-5-15(6-4-14)24-11-7-13-2-1-9-18-17(13)24/h1-2,7,9,11-12,14-15H,3-6,8,10H2,(H,20,25). The SMILES string of the molecule is O=C(CCn1cnnn1)NC1CCC(n2ccc3cccnc32)CC1. The zero-order valence-electron chi connectivity index (χ0n) is 14.0. The van der Waals surface area contributed by atoms with Gasteiger partial charge in [0.05, 0.1) is 6.54 Å². The molecule has 4 rings (SSSR count). The smallest absolute Gasteiger partial charge is 0.222 e. The first-order valence-corrected chi connectivity index (χ1v) is 8.71. The summed E-state index contributed by atoms with van der Waals surface area (Å²) in [5.74, 6) is 0.0621. The van der Waals surface area contributed by atoms with E-state index in [9.17, 15) is 4.79 Å². The number of pyridine rings is 1. The Balaban J connectivity index is 1.29. The number of rotatable bonds is 5. The normalized spacial score (nSPS) is 20.6. The lowest BCUT2D eigenvalue weighted by Crippen LogP contribution is -2.38. The minimum Gasteiger partial charge on any atom is -0.353 e. The molecule has 1 aliphatic rings. The van der Waals surface area contributed by atoms with E-state index in [2.05, 4.69) is 48.7 Å². The Labute approximate surface area is 145 Å². The van der Waals surface area contributed by atoms with Crippen molar-refractivity contribution in [3.63, 3.8) is 0 Å². The van der Waals surface area contributed by atoms with Gasteiger partial charge in [-0.05, 0) is 54.3 Å². The number of hydrogen-bond donors (Lipinski definition) is 1. The average molecular weight is 339 g/mol. The number of nitrogens with zero attached hydrogens (tertiary/aromatic N) is 6. The summed E-state index contributed by atoms with van der Waals surface area (Å²) < 4.78 is 3.85. The van der Waals surface area contributed by atoms with Crippen LogP contribution in [0.3, 0.4) is 0 Å². The second kappa shape index (κ2) is 7.00. The van der Waals surface area contributed by atoms with Crippen LogP contribution in [-0.4, -0.2) is 41.7 Å². The molecule has 25 heavy (non-hydrogen) atoms. The van der Waals surface area contributed by atoms with Gasteiger partial charge in [0.25, 0.3) is 0 Å². The molecule has 8 heteroatoms. The van der Waals surface area contributed by atoms with Crippen molar-refractivity contribution in [1.82, 2.24) is 35.1 Å². The lowest BCUT2D eigenvalue weighted by Gasteiger charge is -2.30. The Morgan fingerprint density at radius 2 is 2.12 bits per heavy atom. The van der Waals surface area contributed by atoms with Gasteiger partial charge < -0.3 is 9.88 Å². The number of nitrogens with one attached hydrogen (secondary N) is 1. The van der Waals surface area contributed by atoms with Crippen molar-refractivity contribution in [2.45, 2.75) is 50.7 Å². The van der Waals surface area contributed by atoms with Crippen molar-refractivity contribution in [3.05, 3.63) is 36.9 Å². The van der Waals surface area contributed by atoms with Crippen LogP contribution in [0.15, 0.2) is 36.9 Å². The molecule has 1 fully saturated rings. The number of tetrazole rings is 1. The lowest BCUT2D eigenvalue weighted by atomic mass is 9.91. The van der Waals surface area contributed by atoms with Crippen LogP contribution in [0.4, 0.5) is 0 Å². The van der Waals surface area contributed by atoms with E-state index in [1.807, 2.05) is 12.3 Å². The maximum Gasteiger partial charge on any atom is 0.222 e. The third-order valence-corrected chi connectivity index (χ3v) is 4.89. The molecule has 3 aromatic heterocycles. The highest BCUT2D eigenvalue weighted by atomic mass is 16.1. The second-order valence-corrected chi connectivity index (χ2v) is 6.54. The van der Waals surface area contributed by atoms with Crippen molar-refractivity contribution in [1.29, 1.82) is 0 Å². The fraction of sp³-hybridized carbons (Fsp3) is 0.471. The Morgan fingerprint density at radius 1 is 1.24 bits per heavy atom. The molecule has 0 atom stereocenters. The zero-order valence-corrected chi connectivity index (χ0v) is 14.0. The largest absolute Gasteiger partial charge is 0.353 e. The molecule has 130 valence electrons. The number of amides is 1. The molecule has 3 heterocycles. The first-order chi connectivity index (χ1) is 12.3. The van der Waals surface area contributed by atoms with Crippen LogP contribution >= 0.6 is 0 Å². The first kappa shape index (κ1) is 15.7. The molecule has 8 nitrogen and oxygen atoms in total.